The highest BCUT2D eigenvalue weighted by atomic mass is 32.1. The van der Waals surface area contributed by atoms with E-state index in [1.165, 1.54) is 27.9 Å². The van der Waals surface area contributed by atoms with E-state index >= 15 is 0 Å². The van der Waals surface area contributed by atoms with Gasteiger partial charge < -0.3 is 10.1 Å². The third-order valence-corrected chi connectivity index (χ3v) is 8.22. The summed E-state index contributed by atoms with van der Waals surface area (Å²) in [5.74, 6) is 0.904. The number of hydrogen-bond acceptors (Lipinski definition) is 4. The Labute approximate surface area is 237 Å². The second-order valence-electron chi connectivity index (χ2n) is 10.8. The molecule has 4 heteroatoms. The van der Waals surface area contributed by atoms with Crippen LogP contribution in [0.1, 0.15) is 84.4 Å². The highest BCUT2D eigenvalue weighted by molar-refractivity contribution is 7.09. The number of thiazole rings is 1. The molecule has 0 amide bonds. The van der Waals surface area contributed by atoms with Crippen LogP contribution < -0.4 is 5.32 Å². The van der Waals surface area contributed by atoms with E-state index in [0.717, 1.165) is 10.7 Å². The molecule has 1 aliphatic rings. The van der Waals surface area contributed by atoms with Gasteiger partial charge in [-0.1, -0.05) is 131 Å². The molecule has 1 N–H and O–H groups in total. The van der Waals surface area contributed by atoms with Crippen LogP contribution in [0.5, 0.6) is 0 Å². The second-order valence-corrected chi connectivity index (χ2v) is 11.7. The molecule has 3 unspecified atom stereocenters. The van der Waals surface area contributed by atoms with Crippen molar-refractivity contribution in [2.45, 2.75) is 64.2 Å². The van der Waals surface area contributed by atoms with E-state index < -0.39 is 0 Å². The van der Waals surface area contributed by atoms with Gasteiger partial charge in [-0.15, -0.1) is 11.3 Å². The molecule has 0 radical (unpaired) electrons. The molecule has 0 spiro atoms. The predicted molar refractivity (Wildman–Crippen MR) is 165 cm³/mol. The summed E-state index contributed by atoms with van der Waals surface area (Å²) in [6.45, 7) is 9.64. The maximum Gasteiger partial charge on any atom is 0.120 e. The van der Waals surface area contributed by atoms with Crippen LogP contribution in [-0.4, -0.2) is 11.1 Å². The molecule has 0 saturated carbocycles. The van der Waals surface area contributed by atoms with Crippen molar-refractivity contribution in [1.29, 1.82) is 0 Å². The average Bonchev–Trinajstić information content (AvgIpc) is 3.45. The fraction of sp³-hybridized carbons (Fsp3) is 0.286. The minimum atomic E-state index is -0.0532. The third-order valence-electron chi connectivity index (χ3n) is 7.29. The van der Waals surface area contributed by atoms with Gasteiger partial charge in [0, 0.05) is 11.1 Å². The quantitative estimate of drug-likeness (QED) is 0.220. The Bertz CT molecular complexity index is 1380. The molecule has 3 aromatic carbocycles. The zero-order chi connectivity index (χ0) is 27.2. The zero-order valence-corrected chi connectivity index (χ0v) is 24.1. The molecule has 39 heavy (non-hydrogen) atoms. The van der Waals surface area contributed by atoms with E-state index in [9.17, 15) is 0 Å². The molecule has 1 aromatic heterocycles. The van der Waals surface area contributed by atoms with E-state index in [1.54, 1.807) is 11.3 Å². The van der Waals surface area contributed by atoms with Gasteiger partial charge >= 0.3 is 0 Å². The number of benzene rings is 3. The number of anilines is 1. The van der Waals surface area contributed by atoms with Gasteiger partial charge in [-0.3, -0.25) is 0 Å². The molecule has 1 aliphatic carbocycles. The molecular formula is C35H38N2OS. The predicted octanol–water partition coefficient (Wildman–Crippen LogP) is 9.39. The highest BCUT2D eigenvalue weighted by Gasteiger charge is 2.27. The van der Waals surface area contributed by atoms with Gasteiger partial charge in [0.15, 0.2) is 0 Å². The topological polar surface area (TPSA) is 34.2 Å². The van der Waals surface area contributed by atoms with Crippen LogP contribution in [-0.2, 0) is 11.3 Å². The minimum absolute atomic E-state index is 0.0471. The second kappa shape index (κ2) is 12.6. The van der Waals surface area contributed by atoms with Crippen molar-refractivity contribution in [3.05, 3.63) is 142 Å². The van der Waals surface area contributed by atoms with E-state index in [-0.39, 0.29) is 18.1 Å². The maximum atomic E-state index is 6.38. The summed E-state index contributed by atoms with van der Waals surface area (Å²) >= 11 is 1.72. The van der Waals surface area contributed by atoms with Crippen LogP contribution in [0.3, 0.4) is 0 Å². The van der Waals surface area contributed by atoms with Crippen LogP contribution in [0.4, 0.5) is 5.69 Å². The summed E-state index contributed by atoms with van der Waals surface area (Å²) in [5, 5.41) is 7.24. The number of para-hydroxylation sites is 1. The summed E-state index contributed by atoms with van der Waals surface area (Å²) in [5.41, 5.74) is 7.36. The van der Waals surface area contributed by atoms with Crippen molar-refractivity contribution in [2.75, 3.05) is 5.32 Å². The van der Waals surface area contributed by atoms with Gasteiger partial charge in [-0.25, -0.2) is 4.98 Å². The van der Waals surface area contributed by atoms with Crippen molar-refractivity contribution in [1.82, 2.24) is 4.98 Å². The molecule has 0 aliphatic heterocycles. The highest BCUT2D eigenvalue weighted by Crippen LogP contribution is 2.38. The number of nitrogens with zero attached hydrogens (tertiary/aromatic N) is 1. The lowest BCUT2D eigenvalue weighted by Gasteiger charge is -2.26. The molecule has 3 nitrogen and oxygen atoms in total. The van der Waals surface area contributed by atoms with Crippen LogP contribution >= 0.6 is 11.3 Å². The lowest BCUT2D eigenvalue weighted by Crippen LogP contribution is -2.21. The summed E-state index contributed by atoms with van der Waals surface area (Å²) in [4.78, 5) is 5.25. The van der Waals surface area contributed by atoms with Crippen molar-refractivity contribution < 1.29 is 4.74 Å². The smallest absolute Gasteiger partial charge is 0.120 e. The summed E-state index contributed by atoms with van der Waals surface area (Å²) in [7, 11) is 0. The van der Waals surface area contributed by atoms with Crippen LogP contribution in [0.25, 0.3) is 0 Å². The first-order valence-corrected chi connectivity index (χ1v) is 14.8. The first-order chi connectivity index (χ1) is 19.0. The summed E-state index contributed by atoms with van der Waals surface area (Å²) in [6.07, 6.45) is 8.48. The SMILES string of the molecule is CC(C)c1cccc(C(C)C)c1NC(c1ccccc1)c1nc(C2C=CC=CC2OCc2ccccc2)cs1. The van der Waals surface area contributed by atoms with Gasteiger partial charge in [0.2, 0.25) is 0 Å². The van der Waals surface area contributed by atoms with Crippen molar-refractivity contribution in [2.24, 2.45) is 0 Å². The Hall–Kier alpha value is -3.47. The summed E-state index contributed by atoms with van der Waals surface area (Å²) in [6, 6.07) is 27.7. The Morgan fingerprint density at radius 3 is 2.10 bits per heavy atom. The van der Waals surface area contributed by atoms with Crippen molar-refractivity contribution in [3.63, 3.8) is 0 Å². The molecule has 200 valence electrons. The van der Waals surface area contributed by atoms with E-state index in [0.29, 0.717) is 18.4 Å². The molecule has 0 fully saturated rings. The molecule has 1 heterocycles. The minimum Gasteiger partial charge on any atom is -0.372 e. The number of allylic oxidation sites excluding steroid dienone is 2. The standard InChI is InChI=1S/C35H38N2OS/c1-24(2)28-19-13-20-29(25(3)4)34(28)37-33(27-16-9-6-10-17-27)35-36-31(23-39-35)30-18-11-12-21-32(30)38-22-26-14-7-5-8-15-26/h5-21,23-25,30,32-33,37H,22H2,1-4H3. The third kappa shape index (κ3) is 6.41. The lowest BCUT2D eigenvalue weighted by molar-refractivity contribution is 0.0615. The Morgan fingerprint density at radius 1 is 0.795 bits per heavy atom. The normalized spacial score (nSPS) is 17.6. The largest absolute Gasteiger partial charge is 0.372 e. The molecule has 0 bridgehead atoms. The van der Waals surface area contributed by atoms with E-state index in [2.05, 4.69) is 135 Å². The Balaban J connectivity index is 1.46. The Kier molecular flexibility index (Phi) is 8.75. The number of ether oxygens (including phenoxy) is 1. The average molecular weight is 535 g/mol. The van der Waals surface area contributed by atoms with Crippen molar-refractivity contribution >= 4 is 17.0 Å². The maximum absolute atomic E-state index is 6.38. The fourth-order valence-corrected chi connectivity index (χ4v) is 6.10. The first kappa shape index (κ1) is 27.1. The molecule has 5 rings (SSSR count). The number of hydrogen-bond donors (Lipinski definition) is 1. The van der Waals surface area contributed by atoms with Gasteiger partial charge in [-0.05, 0) is 34.1 Å². The van der Waals surface area contributed by atoms with Gasteiger partial charge in [0.1, 0.15) is 11.0 Å². The van der Waals surface area contributed by atoms with Crippen LogP contribution in [0.15, 0.2) is 109 Å². The number of nitrogens with one attached hydrogen (secondary N) is 1. The molecule has 3 atom stereocenters. The fourth-order valence-electron chi connectivity index (χ4n) is 5.16. The zero-order valence-electron chi connectivity index (χ0n) is 23.2. The van der Waals surface area contributed by atoms with Crippen molar-refractivity contribution in [3.8, 4) is 0 Å². The van der Waals surface area contributed by atoms with Crippen LogP contribution in [0.2, 0.25) is 0 Å². The van der Waals surface area contributed by atoms with Gasteiger partial charge in [0.25, 0.3) is 0 Å². The lowest BCUT2D eigenvalue weighted by atomic mass is 9.92. The molecule has 4 aromatic rings. The molecule has 0 saturated heterocycles. The van der Waals surface area contributed by atoms with Crippen LogP contribution in [0, 0.1) is 0 Å². The number of aromatic nitrogens is 1. The monoisotopic (exact) mass is 534 g/mol. The van der Waals surface area contributed by atoms with Gasteiger partial charge in [-0.2, -0.15) is 0 Å². The summed E-state index contributed by atoms with van der Waals surface area (Å²) < 4.78 is 6.38. The van der Waals surface area contributed by atoms with E-state index in [1.807, 2.05) is 6.07 Å². The van der Waals surface area contributed by atoms with Gasteiger partial charge in [0.05, 0.1) is 24.3 Å². The molecular weight excluding hydrogens is 496 g/mol. The first-order valence-electron chi connectivity index (χ1n) is 13.9. The van der Waals surface area contributed by atoms with E-state index in [4.69, 9.17) is 9.72 Å². The Morgan fingerprint density at radius 2 is 1.44 bits per heavy atom. The number of rotatable bonds is 10.